The molecule has 0 bridgehead atoms. The van der Waals surface area contributed by atoms with Gasteiger partial charge in [-0.25, -0.2) is 4.68 Å². The van der Waals surface area contributed by atoms with Crippen LogP contribution in [0.5, 0.6) is 0 Å². The maximum absolute atomic E-state index is 13.8. The number of carbonyl (C=O) groups is 1. The number of aromatic nitrogens is 2. The Bertz CT molecular complexity index is 1170. The Labute approximate surface area is 200 Å². The zero-order chi connectivity index (χ0) is 22.5. The van der Waals surface area contributed by atoms with Crippen molar-refractivity contribution in [3.8, 4) is 0 Å². The molecule has 164 valence electrons. The largest absolute Gasteiger partial charge is 0.452 e. The van der Waals surface area contributed by atoms with Crippen molar-refractivity contribution in [3.63, 3.8) is 0 Å². The van der Waals surface area contributed by atoms with Crippen molar-refractivity contribution < 1.29 is 22.4 Å². The monoisotopic (exact) mass is 600 g/mol. The van der Waals surface area contributed by atoms with Gasteiger partial charge in [-0.2, -0.15) is 18.3 Å². The van der Waals surface area contributed by atoms with Crippen molar-refractivity contribution in [1.29, 1.82) is 0 Å². The van der Waals surface area contributed by atoms with Gasteiger partial charge in [0.05, 0.1) is 20.6 Å². The number of carbonyl (C=O) groups excluding carboxylic acids is 1. The van der Waals surface area contributed by atoms with Gasteiger partial charge in [-0.05, 0) is 62.2 Å². The van der Waals surface area contributed by atoms with E-state index in [0.29, 0.717) is 21.1 Å². The lowest BCUT2D eigenvalue weighted by Crippen LogP contribution is -2.35. The summed E-state index contributed by atoms with van der Waals surface area (Å²) in [5, 5.41) is 9.99. The summed E-state index contributed by atoms with van der Waals surface area (Å²) < 4.78 is 48.1. The fourth-order valence-electron chi connectivity index (χ4n) is 3.20. The summed E-state index contributed by atoms with van der Waals surface area (Å²) >= 11 is 18.2. The second-order valence-electron chi connectivity index (χ2n) is 6.67. The first-order valence-corrected chi connectivity index (χ1v) is 11.0. The molecule has 1 aromatic carbocycles. The third-order valence-electron chi connectivity index (χ3n) is 4.63. The van der Waals surface area contributed by atoms with Crippen molar-refractivity contribution in [2.75, 3.05) is 10.6 Å². The first-order valence-electron chi connectivity index (χ1n) is 8.67. The molecule has 0 spiro atoms. The van der Waals surface area contributed by atoms with Crippen LogP contribution in [-0.4, -0.2) is 21.9 Å². The second-order valence-corrected chi connectivity index (χ2v) is 9.06. The zero-order valence-corrected chi connectivity index (χ0v) is 19.8. The summed E-state index contributed by atoms with van der Waals surface area (Å²) in [6, 6.07) is 4.86. The molecule has 3 heterocycles. The lowest BCUT2D eigenvalue weighted by molar-refractivity contribution is -0.174. The molecular weight excluding hydrogens is 592 g/mol. The number of benzene rings is 1. The van der Waals surface area contributed by atoms with Crippen LogP contribution in [0.25, 0.3) is 0 Å². The maximum atomic E-state index is 13.8. The molecule has 0 fully saturated rings. The number of anilines is 2. The third kappa shape index (κ3) is 4.46. The number of rotatable bonds is 3. The molecule has 13 heteroatoms. The number of fused-ring (bicyclic) bond motifs is 1. The van der Waals surface area contributed by atoms with E-state index in [-0.39, 0.29) is 27.4 Å². The predicted octanol–water partition coefficient (Wildman–Crippen LogP) is 7.22. The van der Waals surface area contributed by atoms with Crippen LogP contribution < -0.4 is 10.6 Å². The van der Waals surface area contributed by atoms with E-state index in [1.165, 1.54) is 18.2 Å². The highest BCUT2D eigenvalue weighted by molar-refractivity contribution is 9.10. The molecule has 2 aromatic heterocycles. The maximum Gasteiger partial charge on any atom is 0.410 e. The van der Waals surface area contributed by atoms with Gasteiger partial charge in [0, 0.05) is 12.1 Å². The molecular formula is C18H11Br2Cl2F3N4O2. The van der Waals surface area contributed by atoms with Gasteiger partial charge >= 0.3 is 6.18 Å². The second kappa shape index (κ2) is 8.34. The molecule has 1 aliphatic rings. The molecule has 1 aliphatic heterocycles. The van der Waals surface area contributed by atoms with Crippen LogP contribution in [0.1, 0.15) is 34.8 Å². The van der Waals surface area contributed by atoms with Crippen LogP contribution in [0.4, 0.5) is 24.7 Å². The van der Waals surface area contributed by atoms with Crippen molar-refractivity contribution in [3.05, 3.63) is 61.0 Å². The van der Waals surface area contributed by atoms with Crippen LogP contribution >= 0.6 is 55.1 Å². The standard InChI is InChI=1S/C18H11Br2Cl2F3N4O2/c19-13-4-3-11(31-13)10-6-12(18(23,24)25)29-16(27-10)14(20)15(28-29)17(30)26-7-1-2-8(21)9(22)5-7/h1-5,10,12,27H,6H2,(H,26,30)/t10-,12-/m0/s1. The van der Waals surface area contributed by atoms with Crippen LogP contribution in [0.15, 0.2) is 43.9 Å². The fourth-order valence-corrected chi connectivity index (χ4v) is 4.37. The summed E-state index contributed by atoms with van der Waals surface area (Å²) in [7, 11) is 0. The highest BCUT2D eigenvalue weighted by atomic mass is 79.9. The van der Waals surface area contributed by atoms with Gasteiger partial charge in [0.1, 0.15) is 11.6 Å². The lowest BCUT2D eigenvalue weighted by atomic mass is 10.0. The van der Waals surface area contributed by atoms with Crippen LogP contribution in [0.2, 0.25) is 10.0 Å². The fraction of sp³-hybridized carbons (Fsp3) is 0.222. The van der Waals surface area contributed by atoms with Gasteiger partial charge in [0.25, 0.3) is 5.91 Å². The Balaban J connectivity index is 1.69. The molecule has 0 saturated carbocycles. The quantitative estimate of drug-likeness (QED) is 0.332. The smallest absolute Gasteiger partial charge is 0.410 e. The summed E-state index contributed by atoms with van der Waals surface area (Å²) in [5.41, 5.74) is 0.0972. The van der Waals surface area contributed by atoms with Gasteiger partial charge < -0.3 is 15.1 Å². The number of nitrogens with zero attached hydrogens (tertiary/aromatic N) is 2. The van der Waals surface area contributed by atoms with Crippen molar-refractivity contribution in [2.45, 2.75) is 24.7 Å². The first-order chi connectivity index (χ1) is 14.5. The van der Waals surface area contributed by atoms with E-state index in [1.807, 2.05) is 0 Å². The number of amides is 1. The van der Waals surface area contributed by atoms with Gasteiger partial charge in [-0.3, -0.25) is 4.79 Å². The number of hydrogen-bond donors (Lipinski definition) is 2. The Morgan fingerprint density at radius 1 is 1.23 bits per heavy atom. The van der Waals surface area contributed by atoms with E-state index < -0.39 is 24.2 Å². The molecule has 4 rings (SSSR count). The molecule has 0 saturated heterocycles. The molecule has 3 aromatic rings. The van der Waals surface area contributed by atoms with E-state index in [2.05, 4.69) is 47.6 Å². The Kier molecular flexibility index (Phi) is 6.06. The highest BCUT2D eigenvalue weighted by Crippen LogP contribution is 2.46. The minimum Gasteiger partial charge on any atom is -0.452 e. The molecule has 0 aliphatic carbocycles. The Hall–Kier alpha value is -1.69. The molecule has 0 unspecified atom stereocenters. The van der Waals surface area contributed by atoms with Crippen LogP contribution in [0, 0.1) is 0 Å². The van der Waals surface area contributed by atoms with Crippen LogP contribution in [-0.2, 0) is 0 Å². The number of hydrogen-bond acceptors (Lipinski definition) is 4. The van der Waals surface area contributed by atoms with Crippen molar-refractivity contribution in [2.24, 2.45) is 0 Å². The molecule has 6 nitrogen and oxygen atoms in total. The van der Waals surface area contributed by atoms with Gasteiger partial charge in [-0.15, -0.1) is 0 Å². The molecule has 2 N–H and O–H groups in total. The van der Waals surface area contributed by atoms with Gasteiger partial charge in [-0.1, -0.05) is 23.2 Å². The van der Waals surface area contributed by atoms with Crippen molar-refractivity contribution in [1.82, 2.24) is 9.78 Å². The topological polar surface area (TPSA) is 72.1 Å². The first kappa shape index (κ1) is 22.5. The van der Waals surface area contributed by atoms with E-state index in [1.54, 1.807) is 12.1 Å². The predicted molar refractivity (Wildman–Crippen MR) is 117 cm³/mol. The lowest BCUT2D eigenvalue weighted by Gasteiger charge is -2.32. The zero-order valence-electron chi connectivity index (χ0n) is 15.1. The molecule has 31 heavy (non-hydrogen) atoms. The van der Waals surface area contributed by atoms with E-state index >= 15 is 0 Å². The summed E-state index contributed by atoms with van der Waals surface area (Å²) in [6.45, 7) is 0. The number of alkyl halides is 3. The number of halogens is 7. The van der Waals surface area contributed by atoms with Crippen LogP contribution in [0.3, 0.4) is 0 Å². The normalized spacial score (nSPS) is 18.4. The summed E-state index contributed by atoms with van der Waals surface area (Å²) in [5.74, 6) is -0.375. The minimum absolute atomic E-state index is 0.0189. The molecule has 1 amide bonds. The minimum atomic E-state index is -4.60. The SMILES string of the molecule is O=C(Nc1ccc(Cl)c(Cl)c1)c1nn2c(c1Br)N[C@H](c1ccc(Br)o1)C[C@H]2C(F)(F)F. The van der Waals surface area contributed by atoms with Gasteiger partial charge in [0.2, 0.25) is 0 Å². The Morgan fingerprint density at radius 2 is 1.97 bits per heavy atom. The van der Waals surface area contributed by atoms with Gasteiger partial charge in [0.15, 0.2) is 16.4 Å². The Morgan fingerprint density at radius 3 is 2.58 bits per heavy atom. The van der Waals surface area contributed by atoms with E-state index in [0.717, 1.165) is 4.68 Å². The van der Waals surface area contributed by atoms with E-state index in [9.17, 15) is 18.0 Å². The average molecular weight is 603 g/mol. The molecule has 2 atom stereocenters. The number of nitrogens with one attached hydrogen (secondary N) is 2. The summed E-state index contributed by atoms with van der Waals surface area (Å²) in [6.07, 6.45) is -4.96. The summed E-state index contributed by atoms with van der Waals surface area (Å²) in [4.78, 5) is 12.7. The molecule has 0 radical (unpaired) electrons. The van der Waals surface area contributed by atoms with E-state index in [4.69, 9.17) is 27.6 Å². The average Bonchev–Trinajstić information content (AvgIpc) is 3.27. The number of furan rings is 1. The third-order valence-corrected chi connectivity index (χ3v) is 6.54. The highest BCUT2D eigenvalue weighted by Gasteiger charge is 2.48. The van der Waals surface area contributed by atoms with Crippen molar-refractivity contribution >= 4 is 72.5 Å².